The largest absolute Gasteiger partial charge is 0.352 e. The van der Waals surface area contributed by atoms with Crippen molar-refractivity contribution in [2.24, 2.45) is 0 Å². The molecule has 5 nitrogen and oxygen atoms in total. The lowest BCUT2D eigenvalue weighted by Gasteiger charge is -2.50. The summed E-state index contributed by atoms with van der Waals surface area (Å²) < 4.78 is 0. The number of nitrogens with zero attached hydrogens (tertiary/aromatic N) is 4. The Kier molecular flexibility index (Phi) is 4.81. The predicted molar refractivity (Wildman–Crippen MR) is 86.4 cm³/mol. The molecule has 1 saturated heterocycles. The zero-order chi connectivity index (χ0) is 15.5. The average Bonchev–Trinajstić information content (AvgIpc) is 2.37. The molecule has 1 fully saturated rings. The van der Waals surface area contributed by atoms with Gasteiger partial charge in [0.15, 0.2) is 5.82 Å². The molecule has 2 rings (SSSR count). The molecule has 0 aromatic carbocycles. The van der Waals surface area contributed by atoms with Gasteiger partial charge in [-0.25, -0.2) is 0 Å². The van der Waals surface area contributed by atoms with Gasteiger partial charge in [0.25, 0.3) is 0 Å². The molecule has 0 unspecified atom stereocenters. The molecule has 0 atom stereocenters. The zero-order valence-corrected chi connectivity index (χ0v) is 14.1. The van der Waals surface area contributed by atoms with Crippen molar-refractivity contribution in [3.63, 3.8) is 0 Å². The Morgan fingerprint density at radius 2 is 1.90 bits per heavy atom. The normalized spacial score (nSPS) is 21.2. The van der Waals surface area contributed by atoms with Gasteiger partial charge in [-0.3, -0.25) is 0 Å². The molecular weight excluding hydrogens is 262 g/mol. The molecule has 1 aromatic heterocycles. The Bertz CT molecular complexity index is 427. The van der Waals surface area contributed by atoms with E-state index in [0.717, 1.165) is 25.2 Å². The third kappa shape index (κ3) is 4.37. The van der Waals surface area contributed by atoms with Gasteiger partial charge in [0.2, 0.25) is 0 Å². The SMILES string of the molecule is CCCCN(c1ccnnn1)C1CC(C)(C)NC(C)(C)C1. The lowest BCUT2D eigenvalue weighted by molar-refractivity contribution is 0.158. The van der Waals surface area contributed by atoms with Gasteiger partial charge in [0, 0.05) is 29.7 Å². The smallest absolute Gasteiger partial charge is 0.154 e. The first-order valence-electron chi connectivity index (χ1n) is 8.03. The lowest BCUT2D eigenvalue weighted by atomic mass is 9.79. The van der Waals surface area contributed by atoms with Gasteiger partial charge >= 0.3 is 0 Å². The van der Waals surface area contributed by atoms with E-state index in [0.29, 0.717) is 6.04 Å². The summed E-state index contributed by atoms with van der Waals surface area (Å²) in [7, 11) is 0. The van der Waals surface area contributed by atoms with Crippen molar-refractivity contribution >= 4 is 5.82 Å². The van der Waals surface area contributed by atoms with Crippen LogP contribution in [0.3, 0.4) is 0 Å². The van der Waals surface area contributed by atoms with E-state index in [-0.39, 0.29) is 11.1 Å². The first kappa shape index (κ1) is 16.1. The molecule has 5 heteroatoms. The number of hydrogen-bond donors (Lipinski definition) is 1. The van der Waals surface area contributed by atoms with E-state index in [1.807, 2.05) is 6.07 Å². The zero-order valence-electron chi connectivity index (χ0n) is 14.1. The van der Waals surface area contributed by atoms with Gasteiger partial charge in [-0.1, -0.05) is 13.3 Å². The molecule has 0 spiro atoms. The predicted octanol–water partition coefficient (Wildman–Crippen LogP) is 2.79. The summed E-state index contributed by atoms with van der Waals surface area (Å²) in [4.78, 5) is 2.43. The lowest BCUT2D eigenvalue weighted by Crippen LogP contribution is -2.62. The molecule has 1 N–H and O–H groups in total. The first-order chi connectivity index (χ1) is 9.83. The number of unbranched alkanes of at least 4 members (excludes halogenated alkanes) is 1. The van der Waals surface area contributed by atoms with Crippen LogP contribution < -0.4 is 10.2 Å². The molecule has 1 aliphatic heterocycles. The Morgan fingerprint density at radius 1 is 1.24 bits per heavy atom. The molecule has 0 amide bonds. The molecule has 0 radical (unpaired) electrons. The number of aromatic nitrogens is 3. The van der Waals surface area contributed by atoms with Crippen LogP contribution in [0.5, 0.6) is 0 Å². The van der Waals surface area contributed by atoms with Gasteiger partial charge in [0.1, 0.15) is 0 Å². The number of hydrogen-bond acceptors (Lipinski definition) is 5. The first-order valence-corrected chi connectivity index (χ1v) is 8.03. The van der Waals surface area contributed by atoms with E-state index in [2.05, 4.69) is 60.2 Å². The second-order valence-corrected chi connectivity index (χ2v) is 7.48. The van der Waals surface area contributed by atoms with E-state index in [4.69, 9.17) is 0 Å². The standard InChI is InChI=1S/C16H29N5/c1-6-7-10-21(14-8-9-17-20-18-14)13-11-15(2,3)19-16(4,5)12-13/h8-9,13,19H,6-7,10-12H2,1-5H3. The fraction of sp³-hybridized carbons (Fsp3) is 0.812. The molecule has 0 bridgehead atoms. The Morgan fingerprint density at radius 3 is 2.43 bits per heavy atom. The Balaban J connectivity index is 2.23. The molecule has 118 valence electrons. The van der Waals surface area contributed by atoms with Crippen molar-refractivity contribution in [2.75, 3.05) is 11.4 Å². The topological polar surface area (TPSA) is 53.9 Å². The quantitative estimate of drug-likeness (QED) is 0.904. The number of anilines is 1. The van der Waals surface area contributed by atoms with Crippen molar-refractivity contribution in [3.05, 3.63) is 12.3 Å². The summed E-state index contributed by atoms with van der Waals surface area (Å²) in [6.45, 7) is 12.4. The maximum Gasteiger partial charge on any atom is 0.154 e. The van der Waals surface area contributed by atoms with Crippen LogP contribution in [0, 0.1) is 0 Å². The molecule has 21 heavy (non-hydrogen) atoms. The number of nitrogens with one attached hydrogen (secondary N) is 1. The third-order valence-corrected chi connectivity index (χ3v) is 4.15. The third-order valence-electron chi connectivity index (χ3n) is 4.15. The summed E-state index contributed by atoms with van der Waals surface area (Å²) in [5.74, 6) is 0.956. The highest BCUT2D eigenvalue weighted by Crippen LogP contribution is 2.33. The summed E-state index contributed by atoms with van der Waals surface area (Å²) >= 11 is 0. The van der Waals surface area contributed by atoms with Crippen LogP contribution in [-0.2, 0) is 0 Å². The average molecular weight is 291 g/mol. The van der Waals surface area contributed by atoms with Crippen molar-refractivity contribution in [1.29, 1.82) is 0 Å². The minimum Gasteiger partial charge on any atom is -0.352 e. The molecule has 1 aromatic rings. The molecule has 0 saturated carbocycles. The molecular formula is C16H29N5. The molecule has 1 aliphatic rings. The monoisotopic (exact) mass is 291 g/mol. The van der Waals surface area contributed by atoms with Gasteiger partial charge in [-0.2, -0.15) is 0 Å². The maximum absolute atomic E-state index is 4.25. The van der Waals surface area contributed by atoms with Crippen LogP contribution in [-0.4, -0.2) is 39.1 Å². The van der Waals surface area contributed by atoms with Gasteiger partial charge in [0.05, 0.1) is 6.20 Å². The van der Waals surface area contributed by atoms with Crippen LogP contribution in [0.1, 0.15) is 60.3 Å². The summed E-state index contributed by atoms with van der Waals surface area (Å²) in [5.41, 5.74) is 0.273. The van der Waals surface area contributed by atoms with E-state index in [9.17, 15) is 0 Å². The second kappa shape index (κ2) is 6.26. The van der Waals surface area contributed by atoms with Crippen molar-refractivity contribution in [2.45, 2.75) is 77.4 Å². The summed E-state index contributed by atoms with van der Waals surface area (Å²) in [5, 5.41) is 15.6. The molecule has 0 aliphatic carbocycles. The van der Waals surface area contributed by atoms with Crippen LogP contribution in [0.2, 0.25) is 0 Å². The minimum atomic E-state index is 0.136. The number of piperidine rings is 1. The van der Waals surface area contributed by atoms with E-state index in [1.54, 1.807) is 6.20 Å². The highest BCUT2D eigenvalue weighted by atomic mass is 15.4. The highest BCUT2D eigenvalue weighted by molar-refractivity contribution is 5.38. The van der Waals surface area contributed by atoms with Crippen LogP contribution in [0.25, 0.3) is 0 Å². The summed E-state index contributed by atoms with van der Waals surface area (Å²) in [6, 6.07) is 2.46. The van der Waals surface area contributed by atoms with Crippen molar-refractivity contribution in [1.82, 2.24) is 20.7 Å². The van der Waals surface area contributed by atoms with Crippen molar-refractivity contribution in [3.8, 4) is 0 Å². The Hall–Kier alpha value is -1.23. The van der Waals surface area contributed by atoms with Gasteiger partial charge < -0.3 is 10.2 Å². The van der Waals surface area contributed by atoms with E-state index >= 15 is 0 Å². The second-order valence-electron chi connectivity index (χ2n) is 7.48. The highest BCUT2D eigenvalue weighted by Gasteiger charge is 2.40. The van der Waals surface area contributed by atoms with Gasteiger partial charge in [-0.15, -0.1) is 10.2 Å². The minimum absolute atomic E-state index is 0.136. The van der Waals surface area contributed by atoms with Crippen LogP contribution >= 0.6 is 0 Å². The maximum atomic E-state index is 4.25. The van der Waals surface area contributed by atoms with Crippen LogP contribution in [0.15, 0.2) is 12.3 Å². The number of rotatable bonds is 5. The van der Waals surface area contributed by atoms with Crippen molar-refractivity contribution < 1.29 is 0 Å². The fourth-order valence-electron chi connectivity index (χ4n) is 3.69. The molecule has 2 heterocycles. The van der Waals surface area contributed by atoms with E-state index < -0.39 is 0 Å². The fourth-order valence-corrected chi connectivity index (χ4v) is 3.69. The van der Waals surface area contributed by atoms with Gasteiger partial charge in [-0.05, 0) is 52.2 Å². The summed E-state index contributed by atoms with van der Waals surface area (Å²) in [6.07, 6.45) is 6.33. The van der Waals surface area contributed by atoms with Crippen LogP contribution in [0.4, 0.5) is 5.82 Å². The Labute approximate surface area is 128 Å². The van der Waals surface area contributed by atoms with E-state index in [1.165, 1.54) is 12.8 Å².